The van der Waals surface area contributed by atoms with Crippen molar-refractivity contribution in [3.05, 3.63) is 29.3 Å². The third-order valence-electron chi connectivity index (χ3n) is 7.89. The van der Waals surface area contributed by atoms with Gasteiger partial charge in [-0.3, -0.25) is 9.69 Å². The van der Waals surface area contributed by atoms with Crippen molar-refractivity contribution in [2.75, 3.05) is 12.4 Å². The van der Waals surface area contributed by atoms with E-state index >= 15 is 0 Å². The lowest BCUT2D eigenvalue weighted by Crippen LogP contribution is -2.45. The molecule has 0 radical (unpaired) electrons. The third-order valence-corrected chi connectivity index (χ3v) is 8.13. The maximum atomic E-state index is 13.3. The van der Waals surface area contributed by atoms with E-state index in [-0.39, 0.29) is 18.0 Å². The molecule has 3 atom stereocenters. The number of urea groups is 1. The average Bonchev–Trinajstić information content (AvgIpc) is 3.02. The first-order valence-electron chi connectivity index (χ1n) is 12.8. The van der Waals surface area contributed by atoms with Gasteiger partial charge in [0.2, 0.25) is 0 Å². The zero-order valence-electron chi connectivity index (χ0n) is 20.2. The molecule has 4 N–H and O–H groups in total. The molecular formula is C26H38ClN5O2. The second kappa shape index (κ2) is 11.0. The fourth-order valence-corrected chi connectivity index (χ4v) is 6.27. The summed E-state index contributed by atoms with van der Waals surface area (Å²) in [5, 5.41) is 6.57. The van der Waals surface area contributed by atoms with E-state index in [1.165, 1.54) is 37.0 Å². The molecule has 0 saturated heterocycles. The maximum Gasteiger partial charge on any atom is 0.319 e. The number of anilines is 1. The van der Waals surface area contributed by atoms with Gasteiger partial charge in [-0.25, -0.2) is 9.79 Å². The molecule has 1 aromatic rings. The molecule has 0 aromatic heterocycles. The van der Waals surface area contributed by atoms with E-state index in [1.807, 2.05) is 12.1 Å². The number of aliphatic imine (C=N–C) groups is 1. The fraction of sp³-hybridized carbons (Fsp3) is 0.654. The van der Waals surface area contributed by atoms with Gasteiger partial charge in [-0.15, -0.1) is 0 Å². The minimum atomic E-state index is -0.744. The Morgan fingerprint density at radius 1 is 1.18 bits per heavy atom. The number of nitrogens with zero attached hydrogens (tertiary/aromatic N) is 2. The zero-order valence-corrected chi connectivity index (χ0v) is 20.9. The molecule has 3 amide bonds. The third kappa shape index (κ3) is 6.04. The van der Waals surface area contributed by atoms with E-state index in [0.29, 0.717) is 34.9 Å². The quantitative estimate of drug-likeness (QED) is 0.486. The van der Waals surface area contributed by atoms with Crippen molar-refractivity contribution in [1.82, 2.24) is 10.2 Å². The number of nitrogens with two attached hydrogens (primary N) is 1. The van der Waals surface area contributed by atoms with E-state index in [0.717, 1.165) is 38.5 Å². The number of hydrogen-bond acceptors (Lipinski definition) is 4. The smallest absolute Gasteiger partial charge is 0.319 e. The van der Waals surface area contributed by atoms with Crippen molar-refractivity contribution in [2.45, 2.75) is 88.6 Å². The number of carbonyl (C=O) groups is 2. The largest absolute Gasteiger partial charge is 0.369 e. The Bertz CT molecular complexity index is 916. The molecule has 1 aliphatic heterocycles. The van der Waals surface area contributed by atoms with Gasteiger partial charge in [0.05, 0.1) is 0 Å². The average molecular weight is 488 g/mol. The number of nitrogens with one attached hydrogen (secondary N) is 2. The first kappa shape index (κ1) is 24.8. The van der Waals surface area contributed by atoms with Gasteiger partial charge in [0.1, 0.15) is 5.54 Å². The van der Waals surface area contributed by atoms with Crippen molar-refractivity contribution in [1.29, 1.82) is 0 Å². The molecule has 0 unspecified atom stereocenters. The highest BCUT2D eigenvalue weighted by molar-refractivity contribution is 6.30. The Labute approximate surface area is 207 Å². The van der Waals surface area contributed by atoms with Crippen LogP contribution in [0.25, 0.3) is 0 Å². The standard InChI is InChI=1S/C26H38ClN5O2/c1-32-23(33)26(31-24(32)28,14-13-18-7-3-2-4-8-18)17-19-9-5-11-21(15-19)29-25(34)30-22-12-6-10-20(27)16-22/h6,10,12,16,18-19,21H,2-5,7-9,11,13-15,17H2,1H3,(H2,28,31)(H2,29,30,34)/t19-,21+,26+/m0/s1. The highest BCUT2D eigenvalue weighted by Gasteiger charge is 2.48. The Morgan fingerprint density at radius 3 is 2.65 bits per heavy atom. The molecule has 186 valence electrons. The molecule has 0 spiro atoms. The summed E-state index contributed by atoms with van der Waals surface area (Å²) in [6.45, 7) is 0. The summed E-state index contributed by atoms with van der Waals surface area (Å²) in [6.07, 6.45) is 12.8. The first-order valence-corrected chi connectivity index (χ1v) is 13.2. The molecule has 4 rings (SSSR count). The summed E-state index contributed by atoms with van der Waals surface area (Å²) in [6, 6.07) is 6.98. The van der Waals surface area contributed by atoms with Gasteiger partial charge in [0.25, 0.3) is 5.91 Å². The van der Waals surface area contributed by atoms with Gasteiger partial charge in [0.15, 0.2) is 5.96 Å². The van der Waals surface area contributed by atoms with E-state index in [9.17, 15) is 9.59 Å². The molecule has 2 aliphatic carbocycles. The Kier molecular flexibility index (Phi) is 8.02. The summed E-state index contributed by atoms with van der Waals surface area (Å²) >= 11 is 6.02. The topological polar surface area (TPSA) is 99.8 Å². The second-order valence-electron chi connectivity index (χ2n) is 10.5. The van der Waals surface area contributed by atoms with Crippen molar-refractivity contribution < 1.29 is 9.59 Å². The van der Waals surface area contributed by atoms with Crippen LogP contribution in [-0.4, -0.2) is 41.4 Å². The van der Waals surface area contributed by atoms with Crippen LogP contribution in [0.5, 0.6) is 0 Å². The molecular weight excluding hydrogens is 450 g/mol. The lowest BCUT2D eigenvalue weighted by Gasteiger charge is -2.35. The second-order valence-corrected chi connectivity index (χ2v) is 10.9. The van der Waals surface area contributed by atoms with Crippen LogP contribution in [0.3, 0.4) is 0 Å². The SMILES string of the molecule is CN1C(=O)[C@@](CCC2CCCCC2)(C[C@H]2CCC[C@@H](NC(=O)Nc3cccc(Cl)c3)C2)N=C1N. The Hall–Kier alpha value is -2.28. The molecule has 0 bridgehead atoms. The van der Waals surface area contributed by atoms with Crippen LogP contribution >= 0.6 is 11.6 Å². The lowest BCUT2D eigenvalue weighted by atomic mass is 9.74. The van der Waals surface area contributed by atoms with Gasteiger partial charge in [-0.05, 0) is 62.1 Å². The number of hydrogen-bond donors (Lipinski definition) is 3. The molecule has 2 fully saturated rings. The predicted octanol–water partition coefficient (Wildman–Crippen LogP) is 5.30. The fourth-order valence-electron chi connectivity index (χ4n) is 6.08. The molecule has 7 nitrogen and oxygen atoms in total. The summed E-state index contributed by atoms with van der Waals surface area (Å²) in [5.41, 5.74) is 6.04. The highest BCUT2D eigenvalue weighted by atomic mass is 35.5. The van der Waals surface area contributed by atoms with E-state index in [2.05, 4.69) is 10.6 Å². The van der Waals surface area contributed by atoms with Gasteiger partial charge < -0.3 is 16.4 Å². The minimum Gasteiger partial charge on any atom is -0.369 e. The number of benzene rings is 1. The monoisotopic (exact) mass is 487 g/mol. The Balaban J connectivity index is 1.37. The van der Waals surface area contributed by atoms with E-state index in [4.69, 9.17) is 22.3 Å². The van der Waals surface area contributed by atoms with E-state index in [1.54, 1.807) is 19.2 Å². The van der Waals surface area contributed by atoms with Crippen LogP contribution in [0.4, 0.5) is 10.5 Å². The van der Waals surface area contributed by atoms with Crippen LogP contribution in [0.15, 0.2) is 29.3 Å². The molecule has 8 heteroatoms. The van der Waals surface area contributed by atoms with E-state index < -0.39 is 5.54 Å². The molecule has 34 heavy (non-hydrogen) atoms. The summed E-state index contributed by atoms with van der Waals surface area (Å²) < 4.78 is 0. The molecule has 1 heterocycles. The van der Waals surface area contributed by atoms with Gasteiger partial charge in [-0.2, -0.15) is 0 Å². The predicted molar refractivity (Wildman–Crippen MR) is 137 cm³/mol. The van der Waals surface area contributed by atoms with Gasteiger partial charge >= 0.3 is 6.03 Å². The number of halogens is 1. The molecule has 2 saturated carbocycles. The summed E-state index contributed by atoms with van der Waals surface area (Å²) in [4.78, 5) is 32.2. The van der Waals surface area contributed by atoms with Crippen LogP contribution in [-0.2, 0) is 4.79 Å². The number of carbonyl (C=O) groups excluding carboxylic acids is 2. The van der Waals surface area contributed by atoms with Crippen LogP contribution in [0.2, 0.25) is 5.02 Å². The zero-order chi connectivity index (χ0) is 24.1. The molecule has 1 aromatic carbocycles. The van der Waals surface area contributed by atoms with Crippen LogP contribution < -0.4 is 16.4 Å². The van der Waals surface area contributed by atoms with Crippen molar-refractivity contribution >= 4 is 35.2 Å². The lowest BCUT2D eigenvalue weighted by molar-refractivity contribution is -0.131. The Morgan fingerprint density at radius 2 is 1.94 bits per heavy atom. The van der Waals surface area contributed by atoms with Crippen molar-refractivity contribution in [3.8, 4) is 0 Å². The maximum absolute atomic E-state index is 13.3. The van der Waals surface area contributed by atoms with Crippen LogP contribution in [0.1, 0.15) is 77.0 Å². The number of likely N-dealkylation sites (N-methyl/N-ethyl adjacent to an activating group) is 1. The number of guanidine groups is 1. The normalized spacial score (nSPS) is 28.0. The summed E-state index contributed by atoms with van der Waals surface area (Å²) in [5.74, 6) is 1.38. The van der Waals surface area contributed by atoms with Crippen LogP contribution in [0, 0.1) is 11.8 Å². The number of rotatable bonds is 7. The first-order chi connectivity index (χ1) is 16.3. The number of amides is 3. The van der Waals surface area contributed by atoms with Crippen molar-refractivity contribution in [2.24, 2.45) is 22.6 Å². The minimum absolute atomic E-state index is 0.0367. The van der Waals surface area contributed by atoms with Gasteiger partial charge in [-0.1, -0.05) is 62.6 Å². The van der Waals surface area contributed by atoms with Gasteiger partial charge in [0, 0.05) is 23.8 Å². The van der Waals surface area contributed by atoms with Crippen molar-refractivity contribution in [3.63, 3.8) is 0 Å². The highest BCUT2D eigenvalue weighted by Crippen LogP contribution is 2.40. The molecule has 3 aliphatic rings. The summed E-state index contributed by atoms with van der Waals surface area (Å²) in [7, 11) is 1.73.